The first-order valence-corrected chi connectivity index (χ1v) is 6.44. The number of carboxylic acid groups (broad SMARTS) is 1. The van der Waals surface area contributed by atoms with Crippen molar-refractivity contribution in [2.45, 2.75) is 13.8 Å². The number of nitro groups is 1. The number of amides is 1. The molecule has 0 atom stereocenters. The second-order valence-corrected chi connectivity index (χ2v) is 4.21. The first-order valence-electron chi connectivity index (χ1n) is 6.44. The van der Waals surface area contributed by atoms with Gasteiger partial charge in [-0.25, -0.2) is 4.79 Å². The molecule has 0 fully saturated rings. The average molecular weight is 295 g/mol. The Hall–Kier alpha value is -2.64. The molecule has 8 heteroatoms. The molecular weight excluding hydrogens is 278 g/mol. The van der Waals surface area contributed by atoms with Crippen molar-refractivity contribution in [2.24, 2.45) is 0 Å². The number of benzene rings is 1. The van der Waals surface area contributed by atoms with E-state index < -0.39 is 10.9 Å². The summed E-state index contributed by atoms with van der Waals surface area (Å²) in [6.07, 6.45) is 0. The molecule has 0 spiro atoms. The first kappa shape index (κ1) is 16.4. The molecule has 0 aliphatic rings. The third-order valence-electron chi connectivity index (χ3n) is 2.99. The van der Waals surface area contributed by atoms with Crippen LogP contribution in [0.5, 0.6) is 0 Å². The summed E-state index contributed by atoms with van der Waals surface area (Å²) in [5.41, 5.74) is -0.342. The summed E-state index contributed by atoms with van der Waals surface area (Å²) in [5.74, 6) is -1.40. The highest BCUT2D eigenvalue weighted by molar-refractivity contribution is 5.90. The van der Waals surface area contributed by atoms with Gasteiger partial charge in [-0.15, -0.1) is 0 Å². The van der Waals surface area contributed by atoms with E-state index in [1.807, 2.05) is 13.8 Å². The van der Waals surface area contributed by atoms with Gasteiger partial charge in [0.2, 0.25) is 5.91 Å². The molecule has 1 aromatic carbocycles. The monoisotopic (exact) mass is 295 g/mol. The zero-order chi connectivity index (χ0) is 16.0. The van der Waals surface area contributed by atoms with Crippen LogP contribution in [0.3, 0.4) is 0 Å². The van der Waals surface area contributed by atoms with Gasteiger partial charge in [-0.3, -0.25) is 14.9 Å². The normalized spacial score (nSPS) is 10.0. The highest BCUT2D eigenvalue weighted by atomic mass is 16.6. The fourth-order valence-electron chi connectivity index (χ4n) is 1.83. The SMILES string of the molecule is CCN(CC)C(=O)CNc1cc(C(=O)O)ccc1[N+](=O)[O-]. The van der Waals surface area contributed by atoms with Crippen LogP contribution in [-0.2, 0) is 4.79 Å². The van der Waals surface area contributed by atoms with Crippen LogP contribution in [0, 0.1) is 10.1 Å². The molecule has 0 aliphatic heterocycles. The Kier molecular flexibility index (Phi) is 5.65. The molecule has 0 saturated carbocycles. The third kappa shape index (κ3) is 4.16. The topological polar surface area (TPSA) is 113 Å². The van der Waals surface area contributed by atoms with Crippen molar-refractivity contribution < 1.29 is 19.6 Å². The molecule has 0 saturated heterocycles. The fourth-order valence-corrected chi connectivity index (χ4v) is 1.83. The second-order valence-electron chi connectivity index (χ2n) is 4.21. The minimum Gasteiger partial charge on any atom is -0.478 e. The minimum atomic E-state index is -1.19. The van der Waals surface area contributed by atoms with E-state index in [4.69, 9.17) is 5.11 Å². The van der Waals surface area contributed by atoms with E-state index in [2.05, 4.69) is 5.32 Å². The standard InChI is InChI=1S/C13H17N3O5/c1-3-15(4-2)12(17)8-14-10-7-9(13(18)19)5-6-11(10)16(20)21/h5-7,14H,3-4,8H2,1-2H3,(H,18,19). The Bertz CT molecular complexity index is 555. The van der Waals surface area contributed by atoms with Crippen molar-refractivity contribution in [3.05, 3.63) is 33.9 Å². The predicted molar refractivity (Wildman–Crippen MR) is 76.5 cm³/mol. The number of nitrogens with one attached hydrogen (secondary N) is 1. The highest BCUT2D eigenvalue weighted by Crippen LogP contribution is 2.25. The first-order chi connectivity index (χ1) is 9.90. The predicted octanol–water partition coefficient (Wildman–Crippen LogP) is 1.57. The Morgan fingerprint density at radius 3 is 2.43 bits per heavy atom. The van der Waals surface area contributed by atoms with Gasteiger partial charge >= 0.3 is 5.97 Å². The van der Waals surface area contributed by atoms with Crippen LogP contribution >= 0.6 is 0 Å². The average Bonchev–Trinajstić information content (AvgIpc) is 2.45. The van der Waals surface area contributed by atoms with Crippen LogP contribution in [-0.4, -0.2) is 46.4 Å². The van der Waals surface area contributed by atoms with E-state index in [-0.39, 0.29) is 29.4 Å². The zero-order valence-corrected chi connectivity index (χ0v) is 11.8. The number of hydrogen-bond donors (Lipinski definition) is 2. The molecule has 21 heavy (non-hydrogen) atoms. The van der Waals surface area contributed by atoms with E-state index in [9.17, 15) is 19.7 Å². The Morgan fingerprint density at radius 2 is 1.95 bits per heavy atom. The third-order valence-corrected chi connectivity index (χ3v) is 2.99. The van der Waals surface area contributed by atoms with Gasteiger partial charge in [0.25, 0.3) is 5.69 Å². The van der Waals surface area contributed by atoms with Gasteiger partial charge < -0.3 is 15.3 Å². The summed E-state index contributed by atoms with van der Waals surface area (Å²) in [6.45, 7) is 4.60. The van der Waals surface area contributed by atoms with Crippen molar-refractivity contribution in [3.8, 4) is 0 Å². The lowest BCUT2D eigenvalue weighted by Gasteiger charge is -2.19. The van der Waals surface area contributed by atoms with Crippen molar-refractivity contribution in [1.82, 2.24) is 4.90 Å². The molecule has 0 bridgehead atoms. The molecule has 1 aromatic rings. The Morgan fingerprint density at radius 1 is 1.33 bits per heavy atom. The summed E-state index contributed by atoms with van der Waals surface area (Å²) in [4.78, 5) is 34.6. The smallest absolute Gasteiger partial charge is 0.335 e. The van der Waals surface area contributed by atoms with Gasteiger partial charge in [-0.05, 0) is 26.0 Å². The largest absolute Gasteiger partial charge is 0.478 e. The number of aromatic carboxylic acids is 1. The van der Waals surface area contributed by atoms with Crippen LogP contribution in [0.25, 0.3) is 0 Å². The summed E-state index contributed by atoms with van der Waals surface area (Å²) in [6, 6.07) is 3.40. The minimum absolute atomic E-state index is 0.0143. The van der Waals surface area contributed by atoms with Gasteiger partial charge in [0.05, 0.1) is 17.0 Å². The van der Waals surface area contributed by atoms with E-state index in [0.717, 1.165) is 18.2 Å². The molecule has 1 amide bonds. The lowest BCUT2D eigenvalue weighted by Crippen LogP contribution is -2.35. The van der Waals surface area contributed by atoms with E-state index in [1.165, 1.54) is 0 Å². The van der Waals surface area contributed by atoms with Gasteiger partial charge in [0, 0.05) is 19.2 Å². The molecule has 0 aromatic heterocycles. The molecule has 0 unspecified atom stereocenters. The fraction of sp³-hybridized carbons (Fsp3) is 0.385. The van der Waals surface area contributed by atoms with Gasteiger partial charge in [0.1, 0.15) is 5.69 Å². The molecule has 0 radical (unpaired) electrons. The Balaban J connectivity index is 2.95. The number of carbonyl (C=O) groups excluding carboxylic acids is 1. The van der Waals surface area contributed by atoms with Crippen LogP contribution < -0.4 is 5.32 Å². The number of anilines is 1. The summed E-state index contributed by atoms with van der Waals surface area (Å²) in [5, 5.41) is 22.5. The molecular formula is C13H17N3O5. The summed E-state index contributed by atoms with van der Waals surface area (Å²) >= 11 is 0. The quantitative estimate of drug-likeness (QED) is 0.583. The summed E-state index contributed by atoms with van der Waals surface area (Å²) < 4.78 is 0. The molecule has 2 N–H and O–H groups in total. The number of nitro benzene ring substituents is 1. The van der Waals surface area contributed by atoms with Crippen LogP contribution in [0.1, 0.15) is 24.2 Å². The molecule has 8 nitrogen and oxygen atoms in total. The number of hydrogen-bond acceptors (Lipinski definition) is 5. The lowest BCUT2D eigenvalue weighted by atomic mass is 10.1. The van der Waals surface area contributed by atoms with Gasteiger partial charge in [0.15, 0.2) is 0 Å². The van der Waals surface area contributed by atoms with Crippen LogP contribution in [0.2, 0.25) is 0 Å². The number of nitrogens with zero attached hydrogens (tertiary/aromatic N) is 2. The maximum absolute atomic E-state index is 11.9. The van der Waals surface area contributed by atoms with Crippen LogP contribution in [0.4, 0.5) is 11.4 Å². The van der Waals surface area contributed by atoms with Crippen molar-refractivity contribution in [3.63, 3.8) is 0 Å². The number of carbonyl (C=O) groups is 2. The number of rotatable bonds is 7. The van der Waals surface area contributed by atoms with Gasteiger partial charge in [-0.2, -0.15) is 0 Å². The molecule has 0 aliphatic carbocycles. The highest BCUT2D eigenvalue weighted by Gasteiger charge is 2.18. The van der Waals surface area contributed by atoms with E-state index >= 15 is 0 Å². The number of carboxylic acids is 1. The van der Waals surface area contributed by atoms with Crippen molar-refractivity contribution >= 4 is 23.3 Å². The maximum Gasteiger partial charge on any atom is 0.335 e. The van der Waals surface area contributed by atoms with Crippen LogP contribution in [0.15, 0.2) is 18.2 Å². The summed E-state index contributed by atoms with van der Waals surface area (Å²) in [7, 11) is 0. The zero-order valence-electron chi connectivity index (χ0n) is 11.8. The van der Waals surface area contributed by atoms with E-state index in [1.54, 1.807) is 4.90 Å². The molecule has 1 rings (SSSR count). The van der Waals surface area contributed by atoms with E-state index in [0.29, 0.717) is 13.1 Å². The Labute approximate surface area is 121 Å². The van der Waals surface area contributed by atoms with Crippen molar-refractivity contribution in [2.75, 3.05) is 25.0 Å². The second kappa shape index (κ2) is 7.22. The number of likely N-dealkylation sites (N-methyl/N-ethyl adjacent to an activating group) is 1. The maximum atomic E-state index is 11.9. The molecule has 114 valence electrons. The van der Waals surface area contributed by atoms with Crippen molar-refractivity contribution in [1.29, 1.82) is 0 Å². The lowest BCUT2D eigenvalue weighted by molar-refractivity contribution is -0.384. The van der Waals surface area contributed by atoms with Gasteiger partial charge in [-0.1, -0.05) is 0 Å². The molecule has 0 heterocycles.